The highest BCUT2D eigenvalue weighted by molar-refractivity contribution is 7.18. The van der Waals surface area contributed by atoms with E-state index in [-0.39, 0.29) is 11.3 Å². The van der Waals surface area contributed by atoms with Gasteiger partial charge in [0.05, 0.1) is 20.6 Å². The van der Waals surface area contributed by atoms with Crippen molar-refractivity contribution in [3.05, 3.63) is 41.0 Å². The second-order valence-electron chi connectivity index (χ2n) is 8.56. The maximum absolute atomic E-state index is 13.1. The fourth-order valence-electron chi connectivity index (χ4n) is 4.57. The minimum atomic E-state index is -0.150. The van der Waals surface area contributed by atoms with Gasteiger partial charge in [0.1, 0.15) is 0 Å². The summed E-state index contributed by atoms with van der Waals surface area (Å²) in [4.78, 5) is 24.3. The van der Waals surface area contributed by atoms with Gasteiger partial charge >= 0.3 is 0 Å². The van der Waals surface area contributed by atoms with Crippen LogP contribution in [0, 0.1) is 12.8 Å². The number of nitrogens with zero attached hydrogens (tertiary/aromatic N) is 4. The van der Waals surface area contributed by atoms with Gasteiger partial charge in [-0.05, 0) is 37.3 Å². The number of para-hydroxylation sites is 1. The average Bonchev–Trinajstić information content (AvgIpc) is 3.25. The van der Waals surface area contributed by atoms with Gasteiger partial charge in [0, 0.05) is 32.9 Å². The van der Waals surface area contributed by atoms with Gasteiger partial charge in [-0.1, -0.05) is 30.1 Å². The zero-order chi connectivity index (χ0) is 19.8. The summed E-state index contributed by atoms with van der Waals surface area (Å²) < 4.78 is 6.49. The van der Waals surface area contributed by atoms with Crippen LogP contribution in [-0.4, -0.2) is 39.0 Å². The summed E-state index contributed by atoms with van der Waals surface area (Å²) in [6.45, 7) is 3.37. The molecule has 3 aromatic rings. The lowest BCUT2D eigenvalue weighted by atomic mass is 9.74. The summed E-state index contributed by atoms with van der Waals surface area (Å²) in [6.07, 6.45) is 6.86. The standard InChI is InChI=1S/C22H26N4O2S/c1-15-23-21(25-28-15)22(13-16-7-8-16)11-4-12-26(14-22)20(27)10-9-19-24-17-5-2-3-6-18(17)29-19/h2-3,5-6,16H,4,7-14H2,1H3. The first kappa shape index (κ1) is 18.7. The number of carbonyl (C=O) groups is 1. The summed E-state index contributed by atoms with van der Waals surface area (Å²) in [5.74, 6) is 2.36. The molecule has 0 bridgehead atoms. The molecule has 2 fully saturated rings. The van der Waals surface area contributed by atoms with Crippen LogP contribution in [-0.2, 0) is 16.6 Å². The molecular weight excluding hydrogens is 384 g/mol. The fourth-order valence-corrected chi connectivity index (χ4v) is 5.54. The number of aryl methyl sites for hydroxylation is 2. The number of amides is 1. The minimum Gasteiger partial charge on any atom is -0.342 e. The van der Waals surface area contributed by atoms with Crippen LogP contribution in [0.5, 0.6) is 0 Å². The molecule has 29 heavy (non-hydrogen) atoms. The summed E-state index contributed by atoms with van der Waals surface area (Å²) in [7, 11) is 0. The first-order chi connectivity index (χ1) is 14.1. The molecule has 0 N–H and O–H groups in total. The third kappa shape index (κ3) is 3.92. The number of aromatic nitrogens is 3. The molecule has 1 atom stereocenters. The monoisotopic (exact) mass is 410 g/mol. The molecule has 1 aliphatic carbocycles. The molecule has 3 heterocycles. The van der Waals surface area contributed by atoms with Crippen LogP contribution in [0.1, 0.15) is 55.2 Å². The molecule has 1 aliphatic heterocycles. The van der Waals surface area contributed by atoms with E-state index in [1.807, 2.05) is 30.0 Å². The number of likely N-dealkylation sites (tertiary alicyclic amines) is 1. The van der Waals surface area contributed by atoms with Crippen LogP contribution in [0.3, 0.4) is 0 Å². The molecule has 2 aliphatic rings. The van der Waals surface area contributed by atoms with Crippen molar-refractivity contribution in [3.8, 4) is 0 Å². The number of fused-ring (bicyclic) bond motifs is 1. The van der Waals surface area contributed by atoms with E-state index in [9.17, 15) is 4.79 Å². The smallest absolute Gasteiger partial charge is 0.223 e. The van der Waals surface area contributed by atoms with Crippen molar-refractivity contribution in [2.45, 2.75) is 57.3 Å². The topological polar surface area (TPSA) is 72.1 Å². The molecule has 1 saturated carbocycles. The first-order valence-corrected chi connectivity index (χ1v) is 11.4. The lowest BCUT2D eigenvalue weighted by molar-refractivity contribution is -0.133. The third-order valence-electron chi connectivity index (χ3n) is 6.20. The number of piperidine rings is 1. The van der Waals surface area contributed by atoms with E-state index < -0.39 is 0 Å². The normalized spacial score (nSPS) is 22.3. The highest BCUT2D eigenvalue weighted by Gasteiger charge is 2.45. The van der Waals surface area contributed by atoms with Crippen molar-refractivity contribution in [2.24, 2.45) is 5.92 Å². The summed E-state index contributed by atoms with van der Waals surface area (Å²) in [5.41, 5.74) is 0.872. The molecule has 7 heteroatoms. The van der Waals surface area contributed by atoms with Crippen LogP contribution >= 0.6 is 11.3 Å². The first-order valence-electron chi connectivity index (χ1n) is 10.5. The van der Waals surface area contributed by atoms with Gasteiger partial charge in [0.15, 0.2) is 5.82 Å². The van der Waals surface area contributed by atoms with Gasteiger partial charge in [-0.25, -0.2) is 4.98 Å². The van der Waals surface area contributed by atoms with E-state index >= 15 is 0 Å². The van der Waals surface area contributed by atoms with Crippen molar-refractivity contribution in [3.63, 3.8) is 0 Å². The van der Waals surface area contributed by atoms with Crippen molar-refractivity contribution in [1.82, 2.24) is 20.0 Å². The van der Waals surface area contributed by atoms with Crippen LogP contribution in [0.4, 0.5) is 0 Å². The van der Waals surface area contributed by atoms with Crippen LogP contribution < -0.4 is 0 Å². The van der Waals surface area contributed by atoms with Crippen LogP contribution in [0.15, 0.2) is 28.8 Å². The molecule has 6 nitrogen and oxygen atoms in total. The second-order valence-corrected chi connectivity index (χ2v) is 9.67. The zero-order valence-electron chi connectivity index (χ0n) is 16.8. The molecule has 1 saturated heterocycles. The number of carbonyl (C=O) groups excluding carboxylic acids is 1. The lowest BCUT2D eigenvalue weighted by Crippen LogP contribution is -2.49. The van der Waals surface area contributed by atoms with Gasteiger partial charge in [-0.15, -0.1) is 11.3 Å². The third-order valence-corrected chi connectivity index (χ3v) is 7.29. The number of thiazole rings is 1. The molecule has 1 unspecified atom stereocenters. The molecule has 5 rings (SSSR count). The maximum Gasteiger partial charge on any atom is 0.223 e. The van der Waals surface area contributed by atoms with Crippen molar-refractivity contribution >= 4 is 27.5 Å². The van der Waals surface area contributed by atoms with Crippen molar-refractivity contribution in [2.75, 3.05) is 13.1 Å². The molecule has 0 radical (unpaired) electrons. The van der Waals surface area contributed by atoms with Gasteiger partial charge in [-0.2, -0.15) is 4.98 Å². The predicted molar refractivity (Wildman–Crippen MR) is 112 cm³/mol. The Labute approximate surface area is 174 Å². The molecule has 1 aromatic carbocycles. The van der Waals surface area contributed by atoms with Gasteiger partial charge in [0.2, 0.25) is 11.8 Å². The van der Waals surface area contributed by atoms with E-state index in [1.54, 1.807) is 11.3 Å². The molecule has 152 valence electrons. The quantitative estimate of drug-likeness (QED) is 0.606. The average molecular weight is 411 g/mol. The minimum absolute atomic E-state index is 0.150. The zero-order valence-corrected chi connectivity index (χ0v) is 17.6. The summed E-state index contributed by atoms with van der Waals surface area (Å²) in [5, 5.41) is 5.31. The highest BCUT2D eigenvalue weighted by atomic mass is 32.1. The maximum atomic E-state index is 13.1. The molecule has 1 amide bonds. The Morgan fingerprint density at radius 3 is 2.93 bits per heavy atom. The largest absolute Gasteiger partial charge is 0.342 e. The Kier molecular flexibility index (Phi) is 4.86. The van der Waals surface area contributed by atoms with Crippen LogP contribution in [0.25, 0.3) is 10.2 Å². The second kappa shape index (κ2) is 7.52. The molecule has 2 aromatic heterocycles. The lowest BCUT2D eigenvalue weighted by Gasteiger charge is -2.41. The van der Waals surface area contributed by atoms with E-state index in [0.717, 1.165) is 48.1 Å². The van der Waals surface area contributed by atoms with Crippen molar-refractivity contribution in [1.29, 1.82) is 0 Å². The number of benzene rings is 1. The number of hydrogen-bond donors (Lipinski definition) is 0. The van der Waals surface area contributed by atoms with Crippen molar-refractivity contribution < 1.29 is 9.32 Å². The number of hydrogen-bond acceptors (Lipinski definition) is 6. The Balaban J connectivity index is 1.29. The Morgan fingerprint density at radius 1 is 1.31 bits per heavy atom. The van der Waals surface area contributed by atoms with Gasteiger partial charge in [0.25, 0.3) is 0 Å². The van der Waals surface area contributed by atoms with Gasteiger partial charge < -0.3 is 9.42 Å². The van der Waals surface area contributed by atoms with Crippen LogP contribution in [0.2, 0.25) is 0 Å². The fraction of sp³-hybridized carbons (Fsp3) is 0.545. The number of rotatable bonds is 6. The highest BCUT2D eigenvalue weighted by Crippen LogP contribution is 2.45. The molecule has 0 spiro atoms. The Hall–Kier alpha value is -2.28. The van der Waals surface area contributed by atoms with Gasteiger partial charge in [-0.3, -0.25) is 4.79 Å². The van der Waals surface area contributed by atoms with E-state index in [4.69, 9.17) is 4.52 Å². The SMILES string of the molecule is Cc1nc(C2(CC3CC3)CCCN(C(=O)CCc3nc4ccccc4s3)C2)no1. The predicted octanol–water partition coefficient (Wildman–Crippen LogP) is 4.28. The summed E-state index contributed by atoms with van der Waals surface area (Å²) in [6, 6.07) is 8.15. The molecular formula is C22H26N4O2S. The van der Waals surface area contributed by atoms with E-state index in [2.05, 4.69) is 21.2 Å². The summed E-state index contributed by atoms with van der Waals surface area (Å²) >= 11 is 1.69. The Morgan fingerprint density at radius 2 is 2.17 bits per heavy atom. The van der Waals surface area contributed by atoms with E-state index in [1.165, 1.54) is 17.5 Å². The Bertz CT molecular complexity index is 992. The van der Waals surface area contributed by atoms with E-state index in [0.29, 0.717) is 25.3 Å².